The van der Waals surface area contributed by atoms with E-state index in [2.05, 4.69) is 10.5 Å². The largest absolute Gasteiger partial charge is 0.457 e. The van der Waals surface area contributed by atoms with Gasteiger partial charge in [0.2, 0.25) is 0 Å². The number of aromatic nitrogens is 1. The summed E-state index contributed by atoms with van der Waals surface area (Å²) in [5.74, 6) is -0.307. The summed E-state index contributed by atoms with van der Waals surface area (Å²) >= 11 is 0. The number of carbonyl (C=O) groups is 3. The average molecular weight is 397 g/mol. The van der Waals surface area contributed by atoms with Gasteiger partial charge in [0.05, 0.1) is 6.42 Å². The van der Waals surface area contributed by atoms with Gasteiger partial charge in [0.25, 0.3) is 5.91 Å². The van der Waals surface area contributed by atoms with E-state index in [0.717, 1.165) is 29.7 Å². The molecule has 3 amide bonds. The van der Waals surface area contributed by atoms with Crippen molar-refractivity contribution in [1.29, 1.82) is 0 Å². The van der Waals surface area contributed by atoms with E-state index in [1.165, 1.54) is 0 Å². The number of nitrogens with zero attached hydrogens (tertiary/aromatic N) is 2. The van der Waals surface area contributed by atoms with E-state index in [4.69, 9.17) is 9.26 Å². The van der Waals surface area contributed by atoms with Gasteiger partial charge in [-0.05, 0) is 12.8 Å². The molecular weight excluding hydrogens is 374 g/mol. The second-order valence-electron chi connectivity index (χ2n) is 7.48. The van der Waals surface area contributed by atoms with Crippen molar-refractivity contribution >= 4 is 17.9 Å². The normalized spacial score (nSPS) is 18.1. The fourth-order valence-electron chi connectivity index (χ4n) is 3.93. The Labute approximate surface area is 168 Å². The zero-order chi connectivity index (χ0) is 20.3. The third-order valence-corrected chi connectivity index (χ3v) is 5.50. The molecule has 1 saturated heterocycles. The summed E-state index contributed by atoms with van der Waals surface area (Å²) in [6.07, 6.45) is 4.18. The Morgan fingerprint density at radius 3 is 2.69 bits per heavy atom. The van der Waals surface area contributed by atoms with E-state index in [9.17, 15) is 14.4 Å². The van der Waals surface area contributed by atoms with E-state index < -0.39 is 17.5 Å². The van der Waals surface area contributed by atoms with Crippen LogP contribution in [0.2, 0.25) is 0 Å². The molecule has 8 nitrogen and oxygen atoms in total. The molecule has 2 aliphatic rings. The minimum absolute atomic E-state index is 0.0108. The van der Waals surface area contributed by atoms with Crippen LogP contribution in [0.3, 0.4) is 0 Å². The second-order valence-corrected chi connectivity index (χ2v) is 7.48. The van der Waals surface area contributed by atoms with Crippen molar-refractivity contribution < 1.29 is 23.6 Å². The molecule has 1 saturated carbocycles. The van der Waals surface area contributed by atoms with Gasteiger partial charge < -0.3 is 14.6 Å². The van der Waals surface area contributed by atoms with Crippen LogP contribution in [0, 0.1) is 0 Å². The van der Waals surface area contributed by atoms with Crippen molar-refractivity contribution in [3.63, 3.8) is 0 Å². The third kappa shape index (κ3) is 4.01. The monoisotopic (exact) mass is 397 g/mol. The Morgan fingerprint density at radius 2 is 1.93 bits per heavy atom. The zero-order valence-electron chi connectivity index (χ0n) is 16.1. The minimum atomic E-state index is -0.771. The number of urea groups is 1. The van der Waals surface area contributed by atoms with Crippen LogP contribution in [0.5, 0.6) is 0 Å². The number of amides is 3. The van der Waals surface area contributed by atoms with Gasteiger partial charge in [0.1, 0.15) is 11.2 Å². The first-order valence-corrected chi connectivity index (χ1v) is 9.88. The molecule has 1 aromatic heterocycles. The van der Waals surface area contributed by atoms with Crippen LogP contribution in [0.15, 0.2) is 40.9 Å². The summed E-state index contributed by atoms with van der Waals surface area (Å²) in [5.41, 5.74) is 0.796. The molecule has 1 N–H and O–H groups in total. The lowest BCUT2D eigenvalue weighted by Crippen LogP contribution is -2.48. The Bertz CT molecular complexity index is 902. The molecule has 2 aromatic rings. The van der Waals surface area contributed by atoms with Crippen LogP contribution in [0.25, 0.3) is 11.3 Å². The van der Waals surface area contributed by atoms with Gasteiger partial charge >= 0.3 is 12.0 Å². The minimum Gasteiger partial charge on any atom is -0.457 e. The van der Waals surface area contributed by atoms with E-state index >= 15 is 0 Å². The third-order valence-electron chi connectivity index (χ3n) is 5.50. The van der Waals surface area contributed by atoms with Crippen LogP contribution in [-0.4, -0.2) is 40.0 Å². The van der Waals surface area contributed by atoms with Crippen molar-refractivity contribution in [3.05, 3.63) is 42.2 Å². The fraction of sp³-hybridized carbons (Fsp3) is 0.429. The molecule has 0 unspecified atom stereocenters. The molecule has 8 heteroatoms. The Kier molecular flexibility index (Phi) is 5.33. The average Bonchev–Trinajstić information content (AvgIpc) is 3.30. The number of ether oxygens (including phenoxy) is 1. The molecule has 1 aliphatic carbocycles. The maximum absolute atomic E-state index is 12.7. The molecule has 0 atom stereocenters. The summed E-state index contributed by atoms with van der Waals surface area (Å²) in [6, 6.07) is 10.8. The van der Waals surface area contributed by atoms with Gasteiger partial charge in [0, 0.05) is 18.2 Å². The molecule has 1 spiro atoms. The number of carbonyl (C=O) groups excluding carboxylic acids is 3. The maximum Gasteiger partial charge on any atom is 0.325 e. The quantitative estimate of drug-likeness (QED) is 0.594. The highest BCUT2D eigenvalue weighted by Crippen LogP contribution is 2.33. The van der Waals surface area contributed by atoms with Crippen molar-refractivity contribution in [1.82, 2.24) is 15.4 Å². The lowest BCUT2D eigenvalue weighted by molar-refractivity contribution is -0.146. The fourth-order valence-corrected chi connectivity index (χ4v) is 3.93. The number of benzene rings is 1. The van der Waals surface area contributed by atoms with Crippen LogP contribution in [0.4, 0.5) is 4.79 Å². The lowest BCUT2D eigenvalue weighted by atomic mass is 9.82. The van der Waals surface area contributed by atoms with Crippen molar-refractivity contribution in [2.24, 2.45) is 0 Å². The van der Waals surface area contributed by atoms with Gasteiger partial charge in [-0.15, -0.1) is 0 Å². The van der Waals surface area contributed by atoms with E-state index in [0.29, 0.717) is 24.3 Å². The molecule has 4 rings (SSSR count). The Morgan fingerprint density at radius 1 is 1.17 bits per heavy atom. The van der Waals surface area contributed by atoms with Crippen molar-refractivity contribution in [2.75, 3.05) is 6.54 Å². The number of esters is 1. The first-order valence-electron chi connectivity index (χ1n) is 9.88. The highest BCUT2D eigenvalue weighted by molar-refractivity contribution is 6.07. The summed E-state index contributed by atoms with van der Waals surface area (Å²) < 4.78 is 10.4. The van der Waals surface area contributed by atoms with Crippen LogP contribution in [0.1, 0.15) is 44.3 Å². The van der Waals surface area contributed by atoms with Gasteiger partial charge in [-0.25, -0.2) is 4.79 Å². The zero-order valence-corrected chi connectivity index (χ0v) is 16.1. The topological polar surface area (TPSA) is 102 Å². The van der Waals surface area contributed by atoms with Gasteiger partial charge in [-0.1, -0.05) is 54.8 Å². The maximum atomic E-state index is 12.7. The molecule has 1 aromatic carbocycles. The number of nitrogens with one attached hydrogen (secondary N) is 1. The highest BCUT2D eigenvalue weighted by Gasteiger charge is 2.51. The second kappa shape index (κ2) is 8.06. The smallest absolute Gasteiger partial charge is 0.325 e. The van der Waals surface area contributed by atoms with E-state index in [1.54, 1.807) is 6.07 Å². The standard InChI is InChI=1S/C21H23N3O5/c25-18(28-14-16-13-17(23-29-16)15-7-3-1-4-8-15)9-12-24-19(26)21(22-20(24)27)10-5-2-6-11-21/h1,3-4,7-8,13H,2,5-6,9-12,14H2,(H,22,27). The summed E-state index contributed by atoms with van der Waals surface area (Å²) in [5, 5.41) is 6.80. The first kappa shape index (κ1) is 19.2. The Hall–Kier alpha value is -3.16. The van der Waals surface area contributed by atoms with Crippen LogP contribution in [-0.2, 0) is 20.9 Å². The summed E-state index contributed by atoms with van der Waals surface area (Å²) in [6.45, 7) is -0.0420. The summed E-state index contributed by atoms with van der Waals surface area (Å²) in [7, 11) is 0. The van der Waals surface area contributed by atoms with E-state index in [-0.39, 0.29) is 25.5 Å². The molecule has 1 aliphatic heterocycles. The van der Waals surface area contributed by atoms with Crippen molar-refractivity contribution in [3.8, 4) is 11.3 Å². The SMILES string of the molecule is O=C(CCN1C(=O)NC2(CCCCC2)C1=O)OCc1cc(-c2ccccc2)no1. The predicted octanol–water partition coefficient (Wildman–Crippen LogP) is 3.03. The Balaban J connectivity index is 1.27. The van der Waals surface area contributed by atoms with Crippen LogP contribution < -0.4 is 5.32 Å². The lowest BCUT2D eigenvalue weighted by Gasteiger charge is -2.30. The number of hydrogen-bond acceptors (Lipinski definition) is 6. The molecule has 29 heavy (non-hydrogen) atoms. The molecular formula is C21H23N3O5. The van der Waals surface area contributed by atoms with Gasteiger partial charge in [-0.2, -0.15) is 0 Å². The predicted molar refractivity (Wildman–Crippen MR) is 102 cm³/mol. The molecule has 0 radical (unpaired) electrons. The molecule has 0 bridgehead atoms. The van der Waals surface area contributed by atoms with Crippen LogP contribution >= 0.6 is 0 Å². The van der Waals surface area contributed by atoms with Crippen molar-refractivity contribution in [2.45, 2.75) is 50.7 Å². The molecule has 2 fully saturated rings. The summed E-state index contributed by atoms with van der Waals surface area (Å²) in [4.78, 5) is 38.1. The van der Waals surface area contributed by atoms with Gasteiger partial charge in [-0.3, -0.25) is 14.5 Å². The number of imide groups is 1. The molecule has 152 valence electrons. The highest BCUT2D eigenvalue weighted by atomic mass is 16.5. The van der Waals surface area contributed by atoms with Gasteiger partial charge in [0.15, 0.2) is 12.4 Å². The van der Waals surface area contributed by atoms with E-state index in [1.807, 2.05) is 30.3 Å². The molecule has 2 heterocycles. The number of rotatable bonds is 6. The first-order chi connectivity index (χ1) is 14.1. The number of hydrogen-bond donors (Lipinski definition) is 1.